The van der Waals surface area contributed by atoms with Crippen LogP contribution in [0.2, 0.25) is 0 Å². The molecule has 150 valence electrons. The van der Waals surface area contributed by atoms with Crippen molar-refractivity contribution in [1.29, 1.82) is 0 Å². The van der Waals surface area contributed by atoms with E-state index >= 15 is 0 Å². The molecule has 1 saturated heterocycles. The molecule has 4 rings (SSSR count). The van der Waals surface area contributed by atoms with Gasteiger partial charge in [0.05, 0.1) is 25.3 Å². The van der Waals surface area contributed by atoms with Crippen LogP contribution in [-0.4, -0.2) is 49.1 Å². The van der Waals surface area contributed by atoms with E-state index in [1.165, 1.54) is 5.56 Å². The number of hydrogen-bond acceptors (Lipinski definition) is 5. The summed E-state index contributed by atoms with van der Waals surface area (Å²) in [6.07, 6.45) is 0.303. The van der Waals surface area contributed by atoms with E-state index in [9.17, 15) is 4.79 Å². The third kappa shape index (κ3) is 5.09. The SMILES string of the molecule is CN(C(=O)Cc1csc(-c2ccc(CN3CCOCC3)cc2)n1)c1ccccc1. The highest BCUT2D eigenvalue weighted by atomic mass is 32.1. The van der Waals surface area contributed by atoms with Crippen LogP contribution >= 0.6 is 11.3 Å². The van der Waals surface area contributed by atoms with Crippen LogP contribution in [0.4, 0.5) is 5.69 Å². The standard InChI is InChI=1S/C23H25N3O2S/c1-25(21-5-3-2-4-6-21)22(27)15-20-17-29-23(24-20)19-9-7-18(8-10-19)16-26-11-13-28-14-12-26/h2-10,17H,11-16H2,1H3. The zero-order valence-corrected chi connectivity index (χ0v) is 17.4. The number of thiazole rings is 1. The van der Waals surface area contributed by atoms with Gasteiger partial charge in [-0.25, -0.2) is 4.98 Å². The summed E-state index contributed by atoms with van der Waals surface area (Å²) in [6.45, 7) is 4.56. The number of amides is 1. The lowest BCUT2D eigenvalue weighted by Gasteiger charge is -2.26. The number of aromatic nitrogens is 1. The average Bonchev–Trinajstić information content (AvgIpc) is 3.23. The molecule has 0 atom stereocenters. The summed E-state index contributed by atoms with van der Waals surface area (Å²) in [5.41, 5.74) is 4.10. The van der Waals surface area contributed by atoms with Crippen molar-refractivity contribution in [3.63, 3.8) is 0 Å². The Labute approximate surface area is 175 Å². The number of likely N-dealkylation sites (N-methyl/N-ethyl adjacent to an activating group) is 1. The predicted octanol–water partition coefficient (Wildman–Crippen LogP) is 3.85. The van der Waals surface area contributed by atoms with E-state index in [-0.39, 0.29) is 5.91 Å². The van der Waals surface area contributed by atoms with Gasteiger partial charge in [-0.05, 0) is 17.7 Å². The largest absolute Gasteiger partial charge is 0.379 e. The van der Waals surface area contributed by atoms with Gasteiger partial charge in [0.15, 0.2) is 0 Å². The second kappa shape index (κ2) is 9.31. The topological polar surface area (TPSA) is 45.7 Å². The number of ether oxygens (including phenoxy) is 1. The van der Waals surface area contributed by atoms with Crippen molar-refractivity contribution in [2.24, 2.45) is 0 Å². The lowest BCUT2D eigenvalue weighted by Crippen LogP contribution is -2.35. The second-order valence-corrected chi connectivity index (χ2v) is 8.05. The van der Waals surface area contributed by atoms with Crippen LogP contribution in [0.1, 0.15) is 11.3 Å². The Kier molecular flexibility index (Phi) is 6.34. The number of carbonyl (C=O) groups is 1. The van der Waals surface area contributed by atoms with Crippen molar-refractivity contribution in [2.75, 3.05) is 38.3 Å². The minimum absolute atomic E-state index is 0.0360. The first-order valence-electron chi connectivity index (χ1n) is 9.84. The predicted molar refractivity (Wildman–Crippen MR) is 117 cm³/mol. The highest BCUT2D eigenvalue weighted by Gasteiger charge is 2.15. The summed E-state index contributed by atoms with van der Waals surface area (Å²) >= 11 is 1.58. The Bertz CT molecular complexity index is 934. The molecule has 1 amide bonds. The molecule has 0 saturated carbocycles. The molecule has 0 N–H and O–H groups in total. The Morgan fingerprint density at radius 1 is 1.10 bits per heavy atom. The van der Waals surface area contributed by atoms with Crippen LogP contribution in [0.5, 0.6) is 0 Å². The van der Waals surface area contributed by atoms with Gasteiger partial charge in [0.25, 0.3) is 0 Å². The summed E-state index contributed by atoms with van der Waals surface area (Å²) in [4.78, 5) is 21.3. The van der Waals surface area contributed by atoms with Crippen LogP contribution < -0.4 is 4.90 Å². The number of anilines is 1. The van der Waals surface area contributed by atoms with Gasteiger partial charge < -0.3 is 9.64 Å². The molecule has 6 heteroatoms. The molecule has 1 aliphatic heterocycles. The fraction of sp³-hybridized carbons (Fsp3) is 0.304. The third-order valence-corrected chi connectivity index (χ3v) is 6.05. The zero-order chi connectivity index (χ0) is 20.1. The van der Waals surface area contributed by atoms with E-state index in [0.29, 0.717) is 6.42 Å². The number of nitrogens with zero attached hydrogens (tertiary/aromatic N) is 3. The molecule has 0 unspecified atom stereocenters. The van der Waals surface area contributed by atoms with Gasteiger partial charge >= 0.3 is 0 Å². The minimum Gasteiger partial charge on any atom is -0.379 e. The summed E-state index contributed by atoms with van der Waals surface area (Å²) in [7, 11) is 1.80. The maximum atomic E-state index is 12.6. The van der Waals surface area contributed by atoms with Gasteiger partial charge in [0.2, 0.25) is 5.91 Å². The molecule has 0 spiro atoms. The van der Waals surface area contributed by atoms with Gasteiger partial charge in [-0.2, -0.15) is 0 Å². The molecule has 0 radical (unpaired) electrons. The maximum absolute atomic E-state index is 12.6. The van der Waals surface area contributed by atoms with Crippen molar-refractivity contribution >= 4 is 22.9 Å². The van der Waals surface area contributed by atoms with Gasteiger partial charge in [0, 0.05) is 43.3 Å². The lowest BCUT2D eigenvalue weighted by atomic mass is 10.1. The Morgan fingerprint density at radius 2 is 1.83 bits per heavy atom. The fourth-order valence-electron chi connectivity index (χ4n) is 3.36. The number of hydrogen-bond donors (Lipinski definition) is 0. The fourth-order valence-corrected chi connectivity index (χ4v) is 4.19. The van der Waals surface area contributed by atoms with Crippen molar-refractivity contribution in [1.82, 2.24) is 9.88 Å². The molecule has 29 heavy (non-hydrogen) atoms. The van der Waals surface area contributed by atoms with E-state index in [1.54, 1.807) is 23.3 Å². The third-order valence-electron chi connectivity index (χ3n) is 5.11. The van der Waals surface area contributed by atoms with Gasteiger partial charge in [-0.15, -0.1) is 11.3 Å². The molecule has 2 aromatic carbocycles. The van der Waals surface area contributed by atoms with Crippen LogP contribution in [0, 0.1) is 0 Å². The van der Waals surface area contributed by atoms with E-state index < -0.39 is 0 Å². The van der Waals surface area contributed by atoms with Crippen LogP contribution in [0.15, 0.2) is 60.0 Å². The first-order chi connectivity index (χ1) is 14.2. The normalized spacial score (nSPS) is 14.7. The summed E-state index contributed by atoms with van der Waals surface area (Å²) in [6, 6.07) is 18.3. The molecule has 1 fully saturated rings. The van der Waals surface area contributed by atoms with Crippen molar-refractivity contribution in [3.8, 4) is 10.6 Å². The number of carbonyl (C=O) groups excluding carboxylic acids is 1. The highest BCUT2D eigenvalue weighted by molar-refractivity contribution is 7.13. The Morgan fingerprint density at radius 3 is 2.55 bits per heavy atom. The Balaban J connectivity index is 1.37. The molecule has 2 heterocycles. The van der Waals surface area contributed by atoms with E-state index in [1.807, 2.05) is 35.7 Å². The van der Waals surface area contributed by atoms with Crippen molar-refractivity contribution in [3.05, 3.63) is 71.2 Å². The van der Waals surface area contributed by atoms with Crippen molar-refractivity contribution in [2.45, 2.75) is 13.0 Å². The van der Waals surface area contributed by atoms with Gasteiger partial charge in [0.1, 0.15) is 5.01 Å². The first-order valence-corrected chi connectivity index (χ1v) is 10.7. The van der Waals surface area contributed by atoms with Crippen LogP contribution in [0.3, 0.4) is 0 Å². The number of rotatable bonds is 6. The molecular weight excluding hydrogens is 382 g/mol. The first kappa shape index (κ1) is 19.8. The molecule has 0 aliphatic carbocycles. The lowest BCUT2D eigenvalue weighted by molar-refractivity contribution is -0.117. The summed E-state index contributed by atoms with van der Waals surface area (Å²) in [5.74, 6) is 0.0360. The molecule has 1 aliphatic rings. The maximum Gasteiger partial charge on any atom is 0.232 e. The molecule has 5 nitrogen and oxygen atoms in total. The van der Waals surface area contributed by atoms with Gasteiger partial charge in [-0.3, -0.25) is 9.69 Å². The van der Waals surface area contributed by atoms with Crippen LogP contribution in [0.25, 0.3) is 10.6 Å². The Hall–Kier alpha value is -2.54. The van der Waals surface area contributed by atoms with E-state index in [4.69, 9.17) is 4.74 Å². The molecule has 3 aromatic rings. The van der Waals surface area contributed by atoms with Crippen molar-refractivity contribution < 1.29 is 9.53 Å². The number of benzene rings is 2. The van der Waals surface area contributed by atoms with E-state index in [2.05, 4.69) is 34.1 Å². The number of para-hydroxylation sites is 1. The summed E-state index contributed by atoms with van der Waals surface area (Å²) < 4.78 is 5.41. The average molecular weight is 408 g/mol. The molecular formula is C23H25N3O2S. The van der Waals surface area contributed by atoms with Gasteiger partial charge in [-0.1, -0.05) is 42.5 Å². The monoisotopic (exact) mass is 407 g/mol. The summed E-state index contributed by atoms with van der Waals surface area (Å²) in [5, 5.41) is 2.93. The minimum atomic E-state index is 0.0360. The highest BCUT2D eigenvalue weighted by Crippen LogP contribution is 2.25. The molecule has 1 aromatic heterocycles. The second-order valence-electron chi connectivity index (χ2n) is 7.19. The smallest absolute Gasteiger partial charge is 0.232 e. The molecule has 0 bridgehead atoms. The quantitative estimate of drug-likeness (QED) is 0.623. The zero-order valence-electron chi connectivity index (χ0n) is 16.6. The number of morpholine rings is 1. The van der Waals surface area contributed by atoms with E-state index in [0.717, 1.165) is 54.8 Å². The van der Waals surface area contributed by atoms with Crippen LogP contribution in [-0.2, 0) is 22.5 Å².